The average Bonchev–Trinajstić information content (AvgIpc) is 2.04. The zero-order valence-corrected chi connectivity index (χ0v) is 7.01. The van der Waals surface area contributed by atoms with Gasteiger partial charge in [-0.25, -0.2) is 0 Å². The van der Waals surface area contributed by atoms with Gasteiger partial charge in [0, 0.05) is 13.2 Å². The van der Waals surface area contributed by atoms with Crippen LogP contribution in [-0.4, -0.2) is 24.8 Å². The van der Waals surface area contributed by atoms with E-state index in [-0.39, 0.29) is 12.5 Å². The molecule has 64 valence electrons. The fraction of sp³-hybridized carbons (Fsp3) is 0.875. The summed E-state index contributed by atoms with van der Waals surface area (Å²) in [5.41, 5.74) is 0. The molecule has 0 heterocycles. The second-order valence-corrected chi connectivity index (χ2v) is 2.66. The maximum atomic E-state index is 8.44. The molecule has 0 aliphatic rings. The first-order chi connectivity index (χ1) is 5.31. The van der Waals surface area contributed by atoms with Crippen LogP contribution >= 0.6 is 0 Å². The number of unbranched alkanes of at least 4 members (excludes halogenated alkanes) is 1. The summed E-state index contributed by atoms with van der Waals surface area (Å²) in [5.74, 6) is 0.0872. The van der Waals surface area contributed by atoms with Crippen molar-refractivity contribution in [2.24, 2.45) is 5.92 Å². The van der Waals surface area contributed by atoms with Gasteiger partial charge in [0.25, 0.3) is 0 Å². The summed E-state index contributed by atoms with van der Waals surface area (Å²) < 4.78 is 0. The second-order valence-electron chi connectivity index (χ2n) is 2.66. The van der Waals surface area contributed by atoms with Gasteiger partial charge in [-0.1, -0.05) is 0 Å². The molecule has 0 amide bonds. The predicted octanol–water partition coefficient (Wildman–Crippen LogP) is 0.508. The summed E-state index contributed by atoms with van der Waals surface area (Å²) in [5, 5.41) is 20.0. The van der Waals surface area contributed by atoms with Crippen LogP contribution in [0.25, 0.3) is 0 Å². The highest BCUT2D eigenvalue weighted by Crippen LogP contribution is 1.89. The van der Waals surface area contributed by atoms with Gasteiger partial charge in [0.2, 0.25) is 0 Å². The molecule has 0 fully saturated rings. The molecule has 1 atom stereocenters. The van der Waals surface area contributed by atoms with E-state index in [1.807, 2.05) is 6.92 Å². The van der Waals surface area contributed by atoms with Crippen LogP contribution < -0.4 is 5.32 Å². The zero-order valence-electron chi connectivity index (χ0n) is 7.01. The summed E-state index contributed by atoms with van der Waals surface area (Å²) in [7, 11) is 0. The van der Waals surface area contributed by atoms with Crippen molar-refractivity contribution in [2.45, 2.75) is 19.8 Å². The highest BCUT2D eigenvalue weighted by molar-refractivity contribution is 4.79. The van der Waals surface area contributed by atoms with Crippen molar-refractivity contribution in [2.75, 3.05) is 19.7 Å². The maximum Gasteiger partial charge on any atom is 0.0666 e. The third-order valence-electron chi connectivity index (χ3n) is 1.43. The van der Waals surface area contributed by atoms with Gasteiger partial charge in [-0.05, 0) is 26.3 Å². The molecular weight excluding hydrogens is 140 g/mol. The van der Waals surface area contributed by atoms with Gasteiger partial charge in [0.15, 0.2) is 0 Å². The van der Waals surface area contributed by atoms with Gasteiger partial charge < -0.3 is 10.4 Å². The number of aliphatic hydroxyl groups is 1. The molecule has 2 N–H and O–H groups in total. The van der Waals surface area contributed by atoms with Gasteiger partial charge in [-0.2, -0.15) is 5.26 Å². The molecule has 11 heavy (non-hydrogen) atoms. The molecule has 0 aliphatic heterocycles. The molecular formula is C8H16N2O. The third-order valence-corrected chi connectivity index (χ3v) is 1.43. The minimum atomic E-state index is 0.0872. The van der Waals surface area contributed by atoms with Gasteiger partial charge in [-0.3, -0.25) is 0 Å². The van der Waals surface area contributed by atoms with Gasteiger partial charge >= 0.3 is 0 Å². The number of aliphatic hydroxyl groups excluding tert-OH is 1. The van der Waals surface area contributed by atoms with Crippen LogP contribution in [-0.2, 0) is 0 Å². The topological polar surface area (TPSA) is 56.0 Å². The molecule has 0 spiro atoms. The number of nitrogens with one attached hydrogen (secondary N) is 1. The molecule has 0 bridgehead atoms. The van der Waals surface area contributed by atoms with Crippen molar-refractivity contribution in [3.05, 3.63) is 0 Å². The molecule has 0 rings (SSSR count). The van der Waals surface area contributed by atoms with E-state index >= 15 is 0 Å². The van der Waals surface area contributed by atoms with Crippen molar-refractivity contribution in [3.63, 3.8) is 0 Å². The number of rotatable bonds is 6. The number of hydrogen-bond acceptors (Lipinski definition) is 3. The van der Waals surface area contributed by atoms with Crippen LogP contribution in [0.1, 0.15) is 19.8 Å². The fourth-order valence-electron chi connectivity index (χ4n) is 0.726. The second kappa shape index (κ2) is 7.52. The van der Waals surface area contributed by atoms with Gasteiger partial charge in [-0.15, -0.1) is 0 Å². The molecule has 1 unspecified atom stereocenters. The van der Waals surface area contributed by atoms with E-state index in [2.05, 4.69) is 11.4 Å². The van der Waals surface area contributed by atoms with E-state index in [4.69, 9.17) is 10.4 Å². The van der Waals surface area contributed by atoms with Crippen molar-refractivity contribution < 1.29 is 5.11 Å². The van der Waals surface area contributed by atoms with Gasteiger partial charge in [0.1, 0.15) is 0 Å². The minimum Gasteiger partial charge on any atom is -0.396 e. The Hall–Kier alpha value is -0.590. The third kappa shape index (κ3) is 7.31. The molecule has 3 heteroatoms. The van der Waals surface area contributed by atoms with Crippen LogP contribution in [0.4, 0.5) is 0 Å². The first kappa shape index (κ1) is 10.4. The summed E-state index contributed by atoms with van der Waals surface area (Å²) >= 11 is 0. The minimum absolute atomic E-state index is 0.0872. The lowest BCUT2D eigenvalue weighted by Gasteiger charge is -2.03. The predicted molar refractivity (Wildman–Crippen MR) is 44.0 cm³/mol. The molecule has 0 aromatic rings. The normalized spacial score (nSPS) is 12.5. The van der Waals surface area contributed by atoms with Crippen LogP contribution in [0, 0.1) is 17.2 Å². The summed E-state index contributed by atoms with van der Waals surface area (Å²) in [6, 6.07) is 2.14. The van der Waals surface area contributed by atoms with Crippen molar-refractivity contribution in [3.8, 4) is 6.07 Å². The molecule has 0 aromatic carbocycles. The van der Waals surface area contributed by atoms with Crippen LogP contribution in [0.5, 0.6) is 0 Å². The van der Waals surface area contributed by atoms with Crippen molar-refractivity contribution >= 4 is 0 Å². The average molecular weight is 156 g/mol. The van der Waals surface area contributed by atoms with Crippen LogP contribution in [0.2, 0.25) is 0 Å². The Kier molecular flexibility index (Phi) is 7.11. The zero-order chi connectivity index (χ0) is 8.53. The molecule has 3 nitrogen and oxygen atoms in total. The van der Waals surface area contributed by atoms with Crippen LogP contribution in [0.3, 0.4) is 0 Å². The number of nitrogens with zero attached hydrogens (tertiary/aromatic N) is 1. The number of nitriles is 1. The Labute approximate surface area is 68.0 Å². The highest BCUT2D eigenvalue weighted by atomic mass is 16.2. The molecule has 0 aromatic heterocycles. The lowest BCUT2D eigenvalue weighted by atomic mass is 10.2. The number of hydrogen-bond donors (Lipinski definition) is 2. The first-order valence-corrected chi connectivity index (χ1v) is 4.02. The van der Waals surface area contributed by atoms with Crippen molar-refractivity contribution in [1.82, 2.24) is 5.32 Å². The van der Waals surface area contributed by atoms with Crippen molar-refractivity contribution in [1.29, 1.82) is 5.26 Å². The Morgan fingerprint density at radius 2 is 2.27 bits per heavy atom. The Bertz CT molecular complexity index is 120. The monoisotopic (exact) mass is 156 g/mol. The lowest BCUT2D eigenvalue weighted by molar-refractivity contribution is 0.283. The van der Waals surface area contributed by atoms with E-state index in [1.165, 1.54) is 0 Å². The van der Waals surface area contributed by atoms with E-state index in [1.54, 1.807) is 0 Å². The Morgan fingerprint density at radius 3 is 2.82 bits per heavy atom. The van der Waals surface area contributed by atoms with E-state index < -0.39 is 0 Å². The van der Waals surface area contributed by atoms with Gasteiger partial charge in [0.05, 0.1) is 12.0 Å². The molecule has 0 radical (unpaired) electrons. The molecule has 0 saturated heterocycles. The summed E-state index contributed by atoms with van der Waals surface area (Å²) in [6.45, 7) is 3.79. The lowest BCUT2D eigenvalue weighted by Crippen LogP contribution is -2.21. The molecule has 0 saturated carbocycles. The van der Waals surface area contributed by atoms with E-state index in [9.17, 15) is 0 Å². The first-order valence-electron chi connectivity index (χ1n) is 4.02. The summed E-state index contributed by atoms with van der Waals surface area (Å²) in [4.78, 5) is 0. The standard InChI is InChI=1S/C8H16N2O/c1-8(6-9)7-10-4-2-3-5-11/h8,10-11H,2-5,7H2,1H3. The smallest absolute Gasteiger partial charge is 0.0666 e. The maximum absolute atomic E-state index is 8.44. The Balaban J connectivity index is 2.97. The van der Waals surface area contributed by atoms with Crippen LogP contribution in [0.15, 0.2) is 0 Å². The highest BCUT2D eigenvalue weighted by Gasteiger charge is 1.96. The van der Waals surface area contributed by atoms with E-state index in [0.717, 1.165) is 25.9 Å². The molecule has 0 aliphatic carbocycles. The fourth-order valence-corrected chi connectivity index (χ4v) is 0.726. The SMILES string of the molecule is CC(C#N)CNCCCCO. The van der Waals surface area contributed by atoms with E-state index in [0.29, 0.717) is 0 Å². The quantitative estimate of drug-likeness (QED) is 0.551. The summed E-state index contributed by atoms with van der Waals surface area (Å²) in [6.07, 6.45) is 1.82. The largest absolute Gasteiger partial charge is 0.396 e. The Morgan fingerprint density at radius 1 is 1.55 bits per heavy atom.